The van der Waals surface area contributed by atoms with Gasteiger partial charge in [-0.2, -0.15) is 0 Å². The van der Waals surface area contributed by atoms with Gasteiger partial charge in [-0.05, 0) is 53.8 Å². The average molecular weight is 375 g/mol. The van der Waals surface area contributed by atoms with Gasteiger partial charge in [0.1, 0.15) is 0 Å². The van der Waals surface area contributed by atoms with Gasteiger partial charge in [-0.15, -0.1) is 0 Å². The minimum Gasteiger partial charge on any atom is -0.322 e. The largest absolute Gasteiger partial charge is 0.322 e. The SMILES string of the molecule is CC(C)CNS(=O)(=O)c1ccc(C(=O)Nc2ccc(C(C)C)cc2)cc1. The van der Waals surface area contributed by atoms with Crippen LogP contribution in [0.1, 0.15) is 49.5 Å². The van der Waals surface area contributed by atoms with Crippen LogP contribution in [0.3, 0.4) is 0 Å². The van der Waals surface area contributed by atoms with Crippen LogP contribution in [-0.2, 0) is 10.0 Å². The van der Waals surface area contributed by atoms with Crippen molar-refractivity contribution in [3.8, 4) is 0 Å². The van der Waals surface area contributed by atoms with Crippen molar-refractivity contribution in [3.63, 3.8) is 0 Å². The van der Waals surface area contributed by atoms with Crippen molar-refractivity contribution in [2.45, 2.75) is 38.5 Å². The lowest BCUT2D eigenvalue weighted by molar-refractivity contribution is 0.102. The maximum atomic E-state index is 12.3. The Balaban J connectivity index is 2.06. The monoisotopic (exact) mass is 374 g/mol. The highest BCUT2D eigenvalue weighted by molar-refractivity contribution is 7.89. The number of hydrogen-bond donors (Lipinski definition) is 2. The van der Waals surface area contributed by atoms with E-state index in [9.17, 15) is 13.2 Å². The van der Waals surface area contributed by atoms with E-state index in [1.54, 1.807) is 0 Å². The molecular weight excluding hydrogens is 348 g/mol. The summed E-state index contributed by atoms with van der Waals surface area (Å²) in [7, 11) is -3.55. The van der Waals surface area contributed by atoms with Gasteiger partial charge in [0.25, 0.3) is 5.91 Å². The van der Waals surface area contributed by atoms with Crippen LogP contribution < -0.4 is 10.0 Å². The molecule has 26 heavy (non-hydrogen) atoms. The highest BCUT2D eigenvalue weighted by Gasteiger charge is 2.15. The van der Waals surface area contributed by atoms with E-state index in [0.717, 1.165) is 0 Å². The normalized spacial score (nSPS) is 11.8. The molecule has 5 nitrogen and oxygen atoms in total. The van der Waals surface area contributed by atoms with E-state index >= 15 is 0 Å². The zero-order chi connectivity index (χ0) is 19.3. The summed E-state index contributed by atoms with van der Waals surface area (Å²) in [6.45, 7) is 8.46. The topological polar surface area (TPSA) is 75.3 Å². The van der Waals surface area contributed by atoms with Crippen LogP contribution in [0, 0.1) is 5.92 Å². The molecule has 2 aromatic carbocycles. The first kappa shape index (κ1) is 20.1. The first-order valence-electron chi connectivity index (χ1n) is 8.70. The Kier molecular flexibility index (Phi) is 6.56. The molecule has 6 heteroatoms. The van der Waals surface area contributed by atoms with E-state index in [1.165, 1.54) is 29.8 Å². The van der Waals surface area contributed by atoms with Crippen LogP contribution in [0.5, 0.6) is 0 Å². The number of nitrogens with one attached hydrogen (secondary N) is 2. The van der Waals surface area contributed by atoms with E-state index < -0.39 is 10.0 Å². The first-order valence-corrected chi connectivity index (χ1v) is 10.2. The van der Waals surface area contributed by atoms with Crippen molar-refractivity contribution in [3.05, 3.63) is 59.7 Å². The molecule has 0 aliphatic carbocycles. The number of carbonyl (C=O) groups excluding carboxylic acids is 1. The van der Waals surface area contributed by atoms with Crippen molar-refractivity contribution < 1.29 is 13.2 Å². The fraction of sp³-hybridized carbons (Fsp3) is 0.350. The Labute approximate surface area is 155 Å². The number of benzene rings is 2. The number of rotatable bonds is 7. The zero-order valence-corrected chi connectivity index (χ0v) is 16.4. The predicted molar refractivity (Wildman–Crippen MR) is 105 cm³/mol. The number of amides is 1. The minimum atomic E-state index is -3.55. The van der Waals surface area contributed by atoms with Gasteiger partial charge in [0.05, 0.1) is 4.90 Å². The molecule has 0 saturated heterocycles. The first-order chi connectivity index (χ1) is 12.2. The molecule has 140 valence electrons. The van der Waals surface area contributed by atoms with Crippen LogP contribution in [0.4, 0.5) is 5.69 Å². The van der Waals surface area contributed by atoms with Gasteiger partial charge in [-0.3, -0.25) is 4.79 Å². The maximum absolute atomic E-state index is 12.3. The van der Waals surface area contributed by atoms with Crippen molar-refractivity contribution in [1.29, 1.82) is 0 Å². The molecule has 0 unspecified atom stereocenters. The van der Waals surface area contributed by atoms with Crippen LogP contribution >= 0.6 is 0 Å². The summed E-state index contributed by atoms with van der Waals surface area (Å²) in [5.41, 5.74) is 2.31. The van der Waals surface area contributed by atoms with Crippen molar-refractivity contribution >= 4 is 21.6 Å². The Morgan fingerprint density at radius 3 is 2.00 bits per heavy atom. The lowest BCUT2D eigenvalue weighted by Gasteiger charge is -2.10. The number of carbonyl (C=O) groups is 1. The Morgan fingerprint density at radius 2 is 1.50 bits per heavy atom. The summed E-state index contributed by atoms with van der Waals surface area (Å²) in [6.07, 6.45) is 0. The average Bonchev–Trinajstić information content (AvgIpc) is 2.60. The Morgan fingerprint density at radius 1 is 0.923 bits per heavy atom. The van der Waals surface area contributed by atoms with Crippen molar-refractivity contribution in [2.75, 3.05) is 11.9 Å². The number of hydrogen-bond acceptors (Lipinski definition) is 3. The van der Waals surface area contributed by atoms with E-state index in [4.69, 9.17) is 0 Å². The molecular formula is C20H26N2O3S. The number of sulfonamides is 1. The van der Waals surface area contributed by atoms with Gasteiger partial charge < -0.3 is 5.32 Å². The molecule has 0 saturated carbocycles. The minimum absolute atomic E-state index is 0.149. The van der Waals surface area contributed by atoms with Gasteiger partial charge >= 0.3 is 0 Å². The van der Waals surface area contributed by atoms with Gasteiger partial charge in [-0.1, -0.05) is 39.8 Å². The van der Waals surface area contributed by atoms with Crippen LogP contribution in [0.2, 0.25) is 0 Å². The molecule has 0 heterocycles. The molecule has 0 radical (unpaired) electrons. The van der Waals surface area contributed by atoms with Crippen molar-refractivity contribution in [1.82, 2.24) is 4.72 Å². The summed E-state index contributed by atoms with van der Waals surface area (Å²) < 4.78 is 26.9. The van der Waals surface area contributed by atoms with E-state index in [1.807, 2.05) is 38.1 Å². The summed E-state index contributed by atoms with van der Waals surface area (Å²) in [6, 6.07) is 13.6. The molecule has 0 bridgehead atoms. The molecule has 2 aromatic rings. The zero-order valence-electron chi connectivity index (χ0n) is 15.6. The third-order valence-corrected chi connectivity index (χ3v) is 5.38. The molecule has 0 fully saturated rings. The molecule has 0 aromatic heterocycles. The fourth-order valence-electron chi connectivity index (χ4n) is 2.30. The lowest BCUT2D eigenvalue weighted by atomic mass is 10.0. The summed E-state index contributed by atoms with van der Waals surface area (Å²) >= 11 is 0. The molecule has 0 atom stereocenters. The molecule has 0 aliphatic rings. The summed E-state index contributed by atoms with van der Waals surface area (Å²) in [5, 5.41) is 2.82. The molecule has 0 spiro atoms. The third kappa shape index (κ3) is 5.41. The summed E-state index contributed by atoms with van der Waals surface area (Å²) in [5.74, 6) is 0.372. The highest BCUT2D eigenvalue weighted by Crippen LogP contribution is 2.18. The smallest absolute Gasteiger partial charge is 0.255 e. The van der Waals surface area contributed by atoms with E-state index in [0.29, 0.717) is 23.7 Å². The molecule has 1 amide bonds. The third-order valence-electron chi connectivity index (χ3n) is 3.94. The standard InChI is InChI=1S/C20H26N2O3S/c1-14(2)13-21-26(24,25)19-11-7-17(8-12-19)20(23)22-18-9-5-16(6-10-18)15(3)4/h5-12,14-15,21H,13H2,1-4H3,(H,22,23). The van der Waals surface area contributed by atoms with Gasteiger partial charge in [0.2, 0.25) is 10.0 Å². The quantitative estimate of drug-likeness (QED) is 0.769. The second-order valence-corrected chi connectivity index (χ2v) is 8.77. The highest BCUT2D eigenvalue weighted by atomic mass is 32.2. The van der Waals surface area contributed by atoms with Gasteiger partial charge in [0, 0.05) is 17.8 Å². The number of anilines is 1. The molecule has 2 rings (SSSR count). The van der Waals surface area contributed by atoms with Gasteiger partial charge in [-0.25, -0.2) is 13.1 Å². The Bertz CT molecular complexity index is 840. The van der Waals surface area contributed by atoms with Crippen molar-refractivity contribution in [2.24, 2.45) is 5.92 Å². The second kappa shape index (κ2) is 8.47. The van der Waals surface area contributed by atoms with Crippen LogP contribution in [0.15, 0.2) is 53.4 Å². The van der Waals surface area contributed by atoms with Crippen LogP contribution in [0.25, 0.3) is 0 Å². The van der Waals surface area contributed by atoms with Gasteiger partial charge in [0.15, 0.2) is 0 Å². The second-order valence-electron chi connectivity index (χ2n) is 7.00. The Hall–Kier alpha value is -2.18. The fourth-order valence-corrected chi connectivity index (χ4v) is 3.51. The molecule has 0 aliphatic heterocycles. The predicted octanol–water partition coefficient (Wildman–Crippen LogP) is 4.00. The van der Waals surface area contributed by atoms with Crippen LogP contribution in [-0.4, -0.2) is 20.9 Å². The van der Waals surface area contributed by atoms with E-state index in [2.05, 4.69) is 23.9 Å². The summed E-state index contributed by atoms with van der Waals surface area (Å²) in [4.78, 5) is 12.5. The van der Waals surface area contributed by atoms with E-state index in [-0.39, 0.29) is 16.7 Å². The maximum Gasteiger partial charge on any atom is 0.255 e. The molecule has 2 N–H and O–H groups in total. The lowest BCUT2D eigenvalue weighted by Crippen LogP contribution is -2.27.